The Hall–Kier alpha value is -1.18. The van der Waals surface area contributed by atoms with Gasteiger partial charge in [-0.05, 0) is 42.0 Å². The molecule has 6 heteroatoms. The van der Waals surface area contributed by atoms with E-state index in [1.807, 2.05) is 17.8 Å². The number of nitrogens with one attached hydrogen (secondary N) is 1. The van der Waals surface area contributed by atoms with Crippen LogP contribution in [0.25, 0.3) is 11.5 Å². The van der Waals surface area contributed by atoms with Gasteiger partial charge >= 0.3 is 0 Å². The maximum atomic E-state index is 4.63. The van der Waals surface area contributed by atoms with Gasteiger partial charge in [0.25, 0.3) is 0 Å². The third-order valence-corrected chi connectivity index (χ3v) is 3.87. The summed E-state index contributed by atoms with van der Waals surface area (Å²) in [5, 5.41) is 7.38. The molecule has 2 aromatic heterocycles. The van der Waals surface area contributed by atoms with Crippen molar-refractivity contribution in [2.45, 2.75) is 26.8 Å². The summed E-state index contributed by atoms with van der Waals surface area (Å²) in [6, 6.07) is 1.95. The molecule has 5 nitrogen and oxygen atoms in total. The minimum absolute atomic E-state index is 0.732. The molecule has 0 amide bonds. The molecule has 2 rings (SSSR count). The summed E-state index contributed by atoms with van der Waals surface area (Å²) in [6.45, 7) is 4.97. The number of nitrogens with zero attached hydrogens (tertiary/aromatic N) is 4. The highest BCUT2D eigenvalue weighted by atomic mass is 127. The first kappa shape index (κ1) is 13.3. The fourth-order valence-electron chi connectivity index (χ4n) is 1.78. The van der Waals surface area contributed by atoms with Crippen LogP contribution in [-0.2, 0) is 13.0 Å². The van der Waals surface area contributed by atoms with Gasteiger partial charge in [0.05, 0.1) is 9.26 Å². The minimum atomic E-state index is 0.732. The Morgan fingerprint density at radius 2 is 2.11 bits per heavy atom. The summed E-state index contributed by atoms with van der Waals surface area (Å²) in [5.41, 5.74) is 2.02. The lowest BCUT2D eigenvalue weighted by atomic mass is 10.3. The Labute approximate surface area is 120 Å². The highest BCUT2D eigenvalue weighted by molar-refractivity contribution is 14.1. The zero-order valence-electron chi connectivity index (χ0n) is 10.7. The molecule has 0 aliphatic carbocycles. The van der Waals surface area contributed by atoms with Crippen LogP contribution in [0.5, 0.6) is 0 Å². The van der Waals surface area contributed by atoms with E-state index in [4.69, 9.17) is 0 Å². The fraction of sp³-hybridized carbons (Fsp3) is 0.417. The minimum Gasteiger partial charge on any atom is -0.372 e. The van der Waals surface area contributed by atoms with Crippen molar-refractivity contribution in [1.82, 2.24) is 19.7 Å². The molecule has 0 aliphatic rings. The van der Waals surface area contributed by atoms with Crippen molar-refractivity contribution < 1.29 is 0 Å². The molecule has 1 N–H and O–H groups in total. The van der Waals surface area contributed by atoms with Gasteiger partial charge < -0.3 is 5.32 Å². The molecule has 0 radical (unpaired) electrons. The molecule has 2 heterocycles. The predicted octanol–water partition coefficient (Wildman–Crippen LogP) is 2.57. The van der Waals surface area contributed by atoms with E-state index in [0.717, 1.165) is 39.6 Å². The van der Waals surface area contributed by atoms with Gasteiger partial charge in [-0.3, -0.25) is 4.68 Å². The van der Waals surface area contributed by atoms with Gasteiger partial charge in [0.1, 0.15) is 11.5 Å². The summed E-state index contributed by atoms with van der Waals surface area (Å²) < 4.78 is 2.99. The van der Waals surface area contributed by atoms with E-state index in [1.54, 1.807) is 6.20 Å². The van der Waals surface area contributed by atoms with Crippen LogP contribution >= 0.6 is 22.6 Å². The Morgan fingerprint density at radius 3 is 2.72 bits per heavy atom. The van der Waals surface area contributed by atoms with Gasteiger partial charge in [0.2, 0.25) is 0 Å². The van der Waals surface area contributed by atoms with Crippen LogP contribution in [0.2, 0.25) is 0 Å². The van der Waals surface area contributed by atoms with E-state index in [9.17, 15) is 0 Å². The highest BCUT2D eigenvalue weighted by Gasteiger charge is 2.13. The van der Waals surface area contributed by atoms with Gasteiger partial charge in [-0.1, -0.05) is 6.92 Å². The summed E-state index contributed by atoms with van der Waals surface area (Å²) in [6.07, 6.45) is 2.67. The smallest absolute Gasteiger partial charge is 0.180 e. The number of hydrogen-bond donors (Lipinski definition) is 1. The number of rotatable bonds is 4. The zero-order chi connectivity index (χ0) is 13.1. The second kappa shape index (κ2) is 5.64. The first-order chi connectivity index (χ1) is 8.71. The second-order valence-corrected chi connectivity index (χ2v) is 4.87. The first-order valence-corrected chi connectivity index (χ1v) is 7.05. The van der Waals surface area contributed by atoms with Crippen molar-refractivity contribution in [2.24, 2.45) is 0 Å². The number of hydrogen-bond acceptors (Lipinski definition) is 4. The molecule has 0 aliphatic heterocycles. The summed E-state index contributed by atoms with van der Waals surface area (Å²) in [7, 11) is 1.88. The lowest BCUT2D eigenvalue weighted by Gasteiger charge is -2.10. The average molecular weight is 357 g/mol. The van der Waals surface area contributed by atoms with E-state index < -0.39 is 0 Å². The van der Waals surface area contributed by atoms with Crippen molar-refractivity contribution in [3.63, 3.8) is 0 Å². The molecule has 0 saturated heterocycles. The number of anilines is 1. The van der Waals surface area contributed by atoms with Crippen LogP contribution in [0.15, 0.2) is 12.3 Å². The summed E-state index contributed by atoms with van der Waals surface area (Å²) in [5.74, 6) is 1.61. The van der Waals surface area contributed by atoms with Crippen molar-refractivity contribution in [3.8, 4) is 11.5 Å². The van der Waals surface area contributed by atoms with Crippen LogP contribution in [0.1, 0.15) is 19.5 Å². The van der Waals surface area contributed by atoms with Gasteiger partial charge in [-0.25, -0.2) is 9.97 Å². The van der Waals surface area contributed by atoms with Crippen LogP contribution < -0.4 is 5.32 Å². The monoisotopic (exact) mass is 357 g/mol. The lowest BCUT2D eigenvalue weighted by molar-refractivity contribution is 0.663. The molecule has 0 bridgehead atoms. The predicted molar refractivity (Wildman–Crippen MR) is 80.6 cm³/mol. The van der Waals surface area contributed by atoms with E-state index in [1.165, 1.54) is 0 Å². The van der Waals surface area contributed by atoms with E-state index in [2.05, 4.69) is 56.8 Å². The number of aryl methyl sites for hydroxylation is 2. The Morgan fingerprint density at radius 1 is 1.33 bits per heavy atom. The van der Waals surface area contributed by atoms with Crippen LogP contribution in [0, 0.1) is 3.57 Å². The molecular weight excluding hydrogens is 341 g/mol. The molecule has 0 aromatic carbocycles. The molecule has 0 fully saturated rings. The van der Waals surface area contributed by atoms with Crippen molar-refractivity contribution in [1.29, 1.82) is 0 Å². The van der Waals surface area contributed by atoms with Crippen molar-refractivity contribution >= 4 is 28.4 Å². The van der Waals surface area contributed by atoms with Crippen LogP contribution in [-0.4, -0.2) is 26.8 Å². The SMILES string of the molecule is CCc1nc(-c2ccnn2CC)nc(NC)c1I. The molecule has 2 aromatic rings. The fourth-order valence-corrected chi connectivity index (χ4v) is 2.67. The molecule has 0 unspecified atom stereocenters. The zero-order valence-corrected chi connectivity index (χ0v) is 12.9. The van der Waals surface area contributed by atoms with Crippen LogP contribution in [0.4, 0.5) is 5.82 Å². The first-order valence-electron chi connectivity index (χ1n) is 5.97. The molecule has 96 valence electrons. The Balaban J connectivity index is 2.58. The lowest BCUT2D eigenvalue weighted by Crippen LogP contribution is -2.07. The standard InChI is InChI=1S/C12H16IN5/c1-4-8-10(13)12(14-3)17-11(16-8)9-6-7-15-18(9)5-2/h6-7H,4-5H2,1-3H3,(H,14,16,17). The van der Waals surface area contributed by atoms with Gasteiger partial charge in [0, 0.05) is 19.8 Å². The van der Waals surface area contributed by atoms with E-state index in [0.29, 0.717) is 0 Å². The van der Waals surface area contributed by atoms with E-state index in [-0.39, 0.29) is 0 Å². The second-order valence-electron chi connectivity index (χ2n) is 3.79. The maximum absolute atomic E-state index is 4.63. The highest BCUT2D eigenvalue weighted by Crippen LogP contribution is 2.23. The Bertz CT molecular complexity index is 524. The van der Waals surface area contributed by atoms with E-state index >= 15 is 0 Å². The average Bonchev–Trinajstić information content (AvgIpc) is 2.87. The molecule has 0 atom stereocenters. The largest absolute Gasteiger partial charge is 0.372 e. The third kappa shape index (κ3) is 2.33. The van der Waals surface area contributed by atoms with Crippen LogP contribution in [0.3, 0.4) is 0 Å². The summed E-state index contributed by atoms with van der Waals surface area (Å²) in [4.78, 5) is 9.19. The third-order valence-electron chi connectivity index (χ3n) is 2.74. The molecule has 0 spiro atoms. The molecule has 18 heavy (non-hydrogen) atoms. The maximum Gasteiger partial charge on any atom is 0.180 e. The number of aromatic nitrogens is 4. The quantitative estimate of drug-likeness (QED) is 0.855. The topological polar surface area (TPSA) is 55.6 Å². The molecule has 0 saturated carbocycles. The van der Waals surface area contributed by atoms with Gasteiger partial charge in [-0.15, -0.1) is 0 Å². The molecular formula is C12H16IN5. The van der Waals surface area contributed by atoms with Gasteiger partial charge in [0.15, 0.2) is 5.82 Å². The Kier molecular flexibility index (Phi) is 4.15. The summed E-state index contributed by atoms with van der Waals surface area (Å²) >= 11 is 2.28. The van der Waals surface area contributed by atoms with Crippen molar-refractivity contribution in [3.05, 3.63) is 21.5 Å². The normalized spacial score (nSPS) is 10.7. The number of halogens is 1. The van der Waals surface area contributed by atoms with Crippen molar-refractivity contribution in [2.75, 3.05) is 12.4 Å². The van der Waals surface area contributed by atoms with Gasteiger partial charge in [-0.2, -0.15) is 5.10 Å².